The van der Waals surface area contributed by atoms with Gasteiger partial charge in [0.2, 0.25) is 0 Å². The van der Waals surface area contributed by atoms with Gasteiger partial charge in [0, 0.05) is 6.54 Å². The quantitative estimate of drug-likeness (QED) is 0.797. The summed E-state index contributed by atoms with van der Waals surface area (Å²) in [4.78, 5) is 38.6. The lowest BCUT2D eigenvalue weighted by atomic mass is 10.0. The van der Waals surface area contributed by atoms with Gasteiger partial charge in [0.05, 0.1) is 17.2 Å². The zero-order valence-corrected chi connectivity index (χ0v) is 16.3. The summed E-state index contributed by atoms with van der Waals surface area (Å²) in [5, 5.41) is 2.85. The van der Waals surface area contributed by atoms with Crippen LogP contribution in [-0.4, -0.2) is 35.0 Å². The van der Waals surface area contributed by atoms with Crippen molar-refractivity contribution in [3.63, 3.8) is 0 Å². The molecule has 0 bridgehead atoms. The van der Waals surface area contributed by atoms with Crippen LogP contribution in [0.25, 0.3) is 0 Å². The highest BCUT2D eigenvalue weighted by Gasteiger charge is 2.35. The lowest BCUT2D eigenvalue weighted by Gasteiger charge is -2.25. The second-order valence-corrected chi connectivity index (χ2v) is 7.71. The van der Waals surface area contributed by atoms with Crippen molar-refractivity contribution in [1.29, 1.82) is 0 Å². The van der Waals surface area contributed by atoms with Gasteiger partial charge < -0.3 is 10.1 Å². The Morgan fingerprint density at radius 1 is 0.964 bits per heavy atom. The fourth-order valence-electron chi connectivity index (χ4n) is 3.16. The molecule has 2 aromatic rings. The maximum atomic E-state index is 12.6. The van der Waals surface area contributed by atoms with Crippen molar-refractivity contribution in [1.82, 2.24) is 10.2 Å². The average Bonchev–Trinajstić information content (AvgIpc) is 2.89. The van der Waals surface area contributed by atoms with Crippen LogP contribution in [0.2, 0.25) is 0 Å². The third-order valence-electron chi connectivity index (χ3n) is 4.41. The Morgan fingerprint density at radius 3 is 2.04 bits per heavy atom. The summed E-state index contributed by atoms with van der Waals surface area (Å²) in [6.45, 7) is 5.58. The van der Waals surface area contributed by atoms with E-state index in [1.54, 1.807) is 45.0 Å². The minimum Gasteiger partial charge on any atom is -0.444 e. The number of hydrogen-bond donors (Lipinski definition) is 1. The summed E-state index contributed by atoms with van der Waals surface area (Å²) in [6.07, 6.45) is -0.155. The van der Waals surface area contributed by atoms with E-state index in [0.29, 0.717) is 17.5 Å². The predicted molar refractivity (Wildman–Crippen MR) is 105 cm³/mol. The lowest BCUT2D eigenvalue weighted by Crippen LogP contribution is -2.37. The molecule has 0 fully saturated rings. The normalized spacial score (nSPS) is 14.6. The van der Waals surface area contributed by atoms with E-state index in [1.807, 2.05) is 30.3 Å². The van der Waals surface area contributed by atoms with Gasteiger partial charge >= 0.3 is 6.09 Å². The summed E-state index contributed by atoms with van der Waals surface area (Å²) < 4.78 is 5.36. The van der Waals surface area contributed by atoms with Crippen LogP contribution in [0.15, 0.2) is 54.6 Å². The molecule has 0 saturated carbocycles. The van der Waals surface area contributed by atoms with Gasteiger partial charge in [-0.25, -0.2) is 4.79 Å². The zero-order chi connectivity index (χ0) is 20.3. The van der Waals surface area contributed by atoms with Crippen molar-refractivity contribution in [2.75, 3.05) is 6.54 Å². The summed E-state index contributed by atoms with van der Waals surface area (Å²) in [5.41, 5.74) is 1.10. The molecule has 0 radical (unpaired) electrons. The first-order valence-electron chi connectivity index (χ1n) is 9.26. The molecule has 1 aliphatic heterocycles. The van der Waals surface area contributed by atoms with Gasteiger partial charge in [-0.05, 0) is 44.9 Å². The average molecular weight is 380 g/mol. The van der Waals surface area contributed by atoms with Crippen LogP contribution < -0.4 is 5.32 Å². The standard InChI is InChI=1S/C22H24N2O4/c1-22(2,3)28-21(27)23-18(15-9-5-4-6-10-15)13-14-24-19(25)16-11-7-8-12-17(16)20(24)26/h4-12,18H,13-14H2,1-3H3,(H,23,27). The fraction of sp³-hybridized carbons (Fsp3) is 0.318. The molecule has 1 atom stereocenters. The zero-order valence-electron chi connectivity index (χ0n) is 16.3. The van der Waals surface area contributed by atoms with Crippen molar-refractivity contribution in [2.24, 2.45) is 0 Å². The van der Waals surface area contributed by atoms with Crippen molar-refractivity contribution < 1.29 is 19.1 Å². The third kappa shape index (κ3) is 4.39. The Morgan fingerprint density at radius 2 is 1.50 bits per heavy atom. The van der Waals surface area contributed by atoms with Crippen LogP contribution in [0.5, 0.6) is 0 Å². The maximum absolute atomic E-state index is 12.6. The topological polar surface area (TPSA) is 75.7 Å². The molecule has 0 aliphatic carbocycles. The highest BCUT2D eigenvalue weighted by atomic mass is 16.6. The molecule has 0 spiro atoms. The second kappa shape index (κ2) is 7.84. The number of carbonyl (C=O) groups is 3. The number of fused-ring (bicyclic) bond motifs is 1. The predicted octanol–water partition coefficient (Wildman–Crippen LogP) is 3.94. The number of carbonyl (C=O) groups excluding carboxylic acids is 3. The number of ether oxygens (including phenoxy) is 1. The molecule has 1 heterocycles. The van der Waals surface area contributed by atoms with E-state index >= 15 is 0 Å². The van der Waals surface area contributed by atoms with E-state index in [4.69, 9.17) is 4.74 Å². The Bertz CT molecular complexity index is 852. The highest BCUT2D eigenvalue weighted by molar-refractivity contribution is 6.21. The van der Waals surface area contributed by atoms with Crippen LogP contribution in [0.1, 0.15) is 59.5 Å². The Labute approximate surface area is 164 Å². The molecule has 1 aliphatic rings. The number of amides is 3. The molecular weight excluding hydrogens is 356 g/mol. The summed E-state index contributed by atoms with van der Waals surface area (Å²) >= 11 is 0. The van der Waals surface area contributed by atoms with Gasteiger partial charge in [0.15, 0.2) is 0 Å². The van der Waals surface area contributed by atoms with Crippen LogP contribution in [-0.2, 0) is 4.74 Å². The van der Waals surface area contributed by atoms with E-state index in [9.17, 15) is 14.4 Å². The second-order valence-electron chi connectivity index (χ2n) is 7.71. The summed E-state index contributed by atoms with van der Waals surface area (Å²) in [5.74, 6) is -0.602. The molecule has 1 unspecified atom stereocenters. The maximum Gasteiger partial charge on any atom is 0.408 e. The highest BCUT2D eigenvalue weighted by Crippen LogP contribution is 2.25. The van der Waals surface area contributed by atoms with Crippen LogP contribution in [0, 0.1) is 0 Å². The van der Waals surface area contributed by atoms with Crippen molar-refractivity contribution >= 4 is 17.9 Å². The van der Waals surface area contributed by atoms with E-state index in [2.05, 4.69) is 5.32 Å². The number of benzene rings is 2. The number of hydrogen-bond acceptors (Lipinski definition) is 4. The molecule has 28 heavy (non-hydrogen) atoms. The first kappa shape index (κ1) is 19.6. The van der Waals surface area contributed by atoms with Crippen molar-refractivity contribution in [2.45, 2.75) is 38.8 Å². The third-order valence-corrected chi connectivity index (χ3v) is 4.41. The minimum atomic E-state index is -0.617. The minimum absolute atomic E-state index is 0.196. The largest absolute Gasteiger partial charge is 0.444 e. The number of nitrogens with zero attached hydrogens (tertiary/aromatic N) is 1. The van der Waals surface area contributed by atoms with Crippen molar-refractivity contribution in [3.8, 4) is 0 Å². The van der Waals surface area contributed by atoms with Crippen LogP contribution in [0.3, 0.4) is 0 Å². The lowest BCUT2D eigenvalue weighted by molar-refractivity contribution is 0.0498. The smallest absolute Gasteiger partial charge is 0.408 e. The number of nitrogens with one attached hydrogen (secondary N) is 1. The molecule has 3 rings (SSSR count). The van der Waals surface area contributed by atoms with E-state index in [0.717, 1.165) is 5.56 Å². The van der Waals surface area contributed by atoms with Gasteiger partial charge in [-0.1, -0.05) is 42.5 Å². The van der Waals surface area contributed by atoms with Crippen molar-refractivity contribution in [3.05, 3.63) is 71.3 Å². The Balaban J connectivity index is 1.73. The number of rotatable bonds is 5. The van der Waals surface area contributed by atoms with Gasteiger partial charge in [0.25, 0.3) is 11.8 Å². The van der Waals surface area contributed by atoms with Gasteiger partial charge in [-0.2, -0.15) is 0 Å². The molecule has 0 aromatic heterocycles. The fourth-order valence-corrected chi connectivity index (χ4v) is 3.16. The molecular formula is C22H24N2O4. The summed E-state index contributed by atoms with van der Waals surface area (Å²) in [7, 11) is 0. The van der Waals surface area contributed by atoms with E-state index in [1.165, 1.54) is 4.90 Å². The molecule has 6 heteroatoms. The van der Waals surface area contributed by atoms with Crippen LogP contribution in [0.4, 0.5) is 4.79 Å². The number of imide groups is 1. The SMILES string of the molecule is CC(C)(C)OC(=O)NC(CCN1C(=O)c2ccccc2C1=O)c1ccccc1. The molecule has 6 nitrogen and oxygen atoms in total. The van der Waals surface area contributed by atoms with E-state index in [-0.39, 0.29) is 24.4 Å². The monoisotopic (exact) mass is 380 g/mol. The summed E-state index contributed by atoms with van der Waals surface area (Å²) in [6, 6.07) is 15.8. The van der Waals surface area contributed by atoms with Gasteiger partial charge in [0.1, 0.15) is 5.60 Å². The molecule has 146 valence electrons. The Kier molecular flexibility index (Phi) is 5.49. The molecule has 3 amide bonds. The number of alkyl carbamates (subject to hydrolysis) is 1. The molecule has 2 aromatic carbocycles. The van der Waals surface area contributed by atoms with E-state index < -0.39 is 11.7 Å². The first-order chi connectivity index (χ1) is 13.3. The molecule has 1 N–H and O–H groups in total. The van der Waals surface area contributed by atoms with Gasteiger partial charge in [-0.3, -0.25) is 14.5 Å². The van der Waals surface area contributed by atoms with Crippen LogP contribution >= 0.6 is 0 Å². The Hall–Kier alpha value is -3.15. The first-order valence-corrected chi connectivity index (χ1v) is 9.26. The molecule has 0 saturated heterocycles. The van der Waals surface area contributed by atoms with Gasteiger partial charge in [-0.15, -0.1) is 0 Å².